The second kappa shape index (κ2) is 14.7. The van der Waals surface area contributed by atoms with E-state index in [9.17, 15) is 14.4 Å². The molecule has 0 radical (unpaired) electrons. The quantitative estimate of drug-likeness (QED) is 0.273. The maximum Gasteiger partial charge on any atom is 0.414 e. The minimum atomic E-state index is -1.82. The summed E-state index contributed by atoms with van der Waals surface area (Å²) in [7, 11) is 1.36. The number of carboxylic acids is 2. The number of amides is 1. The number of methoxy groups -OCH3 is 1. The zero-order valence-electron chi connectivity index (χ0n) is 23.5. The molecule has 2 N–H and O–H groups in total. The zero-order chi connectivity index (χ0) is 30.7. The lowest BCUT2D eigenvalue weighted by Gasteiger charge is -2.46. The first kappa shape index (κ1) is 31.7. The van der Waals surface area contributed by atoms with Gasteiger partial charge in [0.2, 0.25) is 5.91 Å². The normalized spacial score (nSPS) is 14.2. The number of aliphatic carboxylic acids is 2. The minimum Gasteiger partial charge on any atom is -0.473 e. The fraction of sp³-hybridized carbons (Fsp3) is 0.393. The highest BCUT2D eigenvalue weighted by Gasteiger charge is 2.49. The summed E-state index contributed by atoms with van der Waals surface area (Å²) in [6.45, 7) is 4.26. The second-order valence-corrected chi connectivity index (χ2v) is 9.52. The Bertz CT molecular complexity index is 1400. The first-order valence-electron chi connectivity index (χ1n) is 13.3. The highest BCUT2D eigenvalue weighted by molar-refractivity contribution is 6.27. The number of carbonyl (C=O) groups is 4. The molecule has 1 fully saturated rings. The average molecular weight is 583 g/mol. The van der Waals surface area contributed by atoms with E-state index in [1.54, 1.807) is 11.8 Å². The Labute approximate surface area is 241 Å². The van der Waals surface area contributed by atoms with Crippen molar-refractivity contribution in [1.82, 2.24) is 24.7 Å². The van der Waals surface area contributed by atoms with Crippen LogP contribution in [0.3, 0.4) is 0 Å². The van der Waals surface area contributed by atoms with E-state index < -0.39 is 23.4 Å². The van der Waals surface area contributed by atoms with Crippen LogP contribution in [-0.4, -0.2) is 91.0 Å². The molecule has 1 aliphatic rings. The van der Waals surface area contributed by atoms with E-state index in [1.807, 2.05) is 60.7 Å². The van der Waals surface area contributed by atoms with Crippen molar-refractivity contribution in [2.45, 2.75) is 44.8 Å². The van der Waals surface area contributed by atoms with Crippen LogP contribution >= 0.6 is 0 Å². The van der Waals surface area contributed by atoms with Crippen LogP contribution in [-0.2, 0) is 37.0 Å². The van der Waals surface area contributed by atoms with Gasteiger partial charge in [-0.05, 0) is 41.0 Å². The highest BCUT2D eigenvalue weighted by atomic mass is 16.5. The number of ether oxygens (including phenoxy) is 1. The number of nitrogens with zero attached hydrogens (tertiary/aromatic N) is 6. The number of hydrogen-bond acceptors (Lipinski definition) is 9. The molecular formula is C28H34N6O8. The fourth-order valence-electron chi connectivity index (χ4n) is 4.76. The van der Waals surface area contributed by atoms with Gasteiger partial charge in [0, 0.05) is 31.7 Å². The van der Waals surface area contributed by atoms with E-state index in [4.69, 9.17) is 24.5 Å². The average Bonchev–Trinajstić information content (AvgIpc) is 3.35. The number of hydrogen-bond donors (Lipinski definition) is 2. The summed E-state index contributed by atoms with van der Waals surface area (Å²) in [5.74, 6) is -4.18. The molecule has 224 valence electrons. The van der Waals surface area contributed by atoms with Gasteiger partial charge in [-0.1, -0.05) is 55.5 Å². The van der Waals surface area contributed by atoms with Crippen LogP contribution in [0, 0.1) is 0 Å². The third-order valence-corrected chi connectivity index (χ3v) is 6.93. The van der Waals surface area contributed by atoms with E-state index in [0.717, 1.165) is 5.56 Å². The van der Waals surface area contributed by atoms with E-state index in [-0.39, 0.29) is 18.0 Å². The molecule has 4 rings (SSSR count). The summed E-state index contributed by atoms with van der Waals surface area (Å²) in [4.78, 5) is 60.9. The molecule has 0 spiro atoms. The van der Waals surface area contributed by atoms with Gasteiger partial charge < -0.3 is 19.8 Å². The first-order chi connectivity index (χ1) is 20.1. The highest BCUT2D eigenvalue weighted by Crippen LogP contribution is 2.35. The number of piperidine rings is 1. The van der Waals surface area contributed by atoms with Gasteiger partial charge in [0.1, 0.15) is 5.54 Å². The number of likely N-dealkylation sites (tertiary alicyclic amines) is 1. The number of aromatic nitrogens is 4. The van der Waals surface area contributed by atoms with Gasteiger partial charge in [-0.15, -0.1) is 0 Å². The third-order valence-electron chi connectivity index (χ3n) is 6.93. The van der Waals surface area contributed by atoms with Gasteiger partial charge >= 0.3 is 23.6 Å². The molecule has 2 heterocycles. The van der Waals surface area contributed by atoms with Crippen molar-refractivity contribution in [3.05, 3.63) is 76.7 Å². The van der Waals surface area contributed by atoms with Gasteiger partial charge in [-0.3, -0.25) is 9.69 Å². The fourth-order valence-corrected chi connectivity index (χ4v) is 4.76. The number of benzene rings is 2. The topological polar surface area (TPSA) is 177 Å². The number of tetrazole rings is 1. The van der Waals surface area contributed by atoms with Gasteiger partial charge in [-0.25, -0.2) is 19.2 Å². The van der Waals surface area contributed by atoms with Crippen molar-refractivity contribution in [1.29, 1.82) is 0 Å². The summed E-state index contributed by atoms with van der Waals surface area (Å²) in [5, 5.41) is 22.8. The van der Waals surface area contributed by atoms with E-state index in [2.05, 4.69) is 15.3 Å². The number of anilines is 1. The molecule has 0 atom stereocenters. The van der Waals surface area contributed by atoms with Crippen molar-refractivity contribution >= 4 is 29.5 Å². The Balaban J connectivity index is 0.000000730. The van der Waals surface area contributed by atoms with Crippen LogP contribution in [0.15, 0.2) is 65.5 Å². The molecule has 14 nitrogen and oxygen atoms in total. The summed E-state index contributed by atoms with van der Waals surface area (Å²) in [5.41, 5.74) is 0.329. The Morgan fingerprint density at radius 1 is 0.881 bits per heavy atom. The van der Waals surface area contributed by atoms with Crippen LogP contribution in [0.1, 0.15) is 31.7 Å². The molecule has 42 heavy (non-hydrogen) atoms. The SMILES string of the molecule is CCC(=O)N(c1ccccc1)C1(C(=O)OC)CCN(CCn2nnn(Cc3ccccc3)c2=O)CC1.O=C(O)C(=O)O. The molecule has 0 saturated carbocycles. The van der Waals surface area contributed by atoms with Crippen molar-refractivity contribution in [2.75, 3.05) is 31.6 Å². The van der Waals surface area contributed by atoms with Crippen molar-refractivity contribution in [3.8, 4) is 0 Å². The molecule has 14 heteroatoms. The molecule has 0 unspecified atom stereocenters. The lowest BCUT2D eigenvalue weighted by molar-refractivity contribution is -0.159. The van der Waals surface area contributed by atoms with Gasteiger partial charge in [0.15, 0.2) is 0 Å². The summed E-state index contributed by atoms with van der Waals surface area (Å²) >= 11 is 0. The van der Waals surface area contributed by atoms with Crippen LogP contribution in [0.2, 0.25) is 0 Å². The van der Waals surface area contributed by atoms with Crippen LogP contribution in [0.25, 0.3) is 0 Å². The van der Waals surface area contributed by atoms with Crippen molar-refractivity contribution in [2.24, 2.45) is 0 Å². The van der Waals surface area contributed by atoms with Crippen LogP contribution in [0.5, 0.6) is 0 Å². The second-order valence-electron chi connectivity index (χ2n) is 9.52. The van der Waals surface area contributed by atoms with E-state index in [0.29, 0.717) is 51.3 Å². The first-order valence-corrected chi connectivity index (χ1v) is 13.3. The molecular weight excluding hydrogens is 548 g/mol. The van der Waals surface area contributed by atoms with Gasteiger partial charge in [0.05, 0.1) is 20.2 Å². The standard InChI is InChI=1S/C26H32N6O4.C2H2O4/c1-3-23(33)32(22-12-8-5-9-13-22)26(24(34)36-2)14-16-29(17-15-26)18-19-30-25(35)31(28-27-30)20-21-10-6-4-7-11-21;3-1(4)2(5)6/h4-13H,3,14-20H2,1-2H3;(H,3,4)(H,5,6). The zero-order valence-corrected chi connectivity index (χ0v) is 23.5. The Kier molecular flexibility index (Phi) is 11.1. The minimum absolute atomic E-state index is 0.123. The molecule has 1 amide bonds. The number of carboxylic acid groups (broad SMARTS) is 2. The summed E-state index contributed by atoms with van der Waals surface area (Å²) in [6.07, 6.45) is 1.13. The summed E-state index contributed by atoms with van der Waals surface area (Å²) in [6, 6.07) is 18.9. The smallest absolute Gasteiger partial charge is 0.414 e. The molecule has 0 aliphatic carbocycles. The van der Waals surface area contributed by atoms with Crippen LogP contribution < -0.4 is 10.6 Å². The maximum absolute atomic E-state index is 13.1. The molecule has 1 aromatic heterocycles. The summed E-state index contributed by atoms with van der Waals surface area (Å²) < 4.78 is 7.92. The number of rotatable bonds is 9. The van der Waals surface area contributed by atoms with Crippen molar-refractivity contribution < 1.29 is 34.1 Å². The molecule has 1 aliphatic heterocycles. The van der Waals surface area contributed by atoms with Gasteiger partial charge in [-0.2, -0.15) is 9.36 Å². The van der Waals surface area contributed by atoms with Crippen molar-refractivity contribution in [3.63, 3.8) is 0 Å². The molecule has 2 aromatic carbocycles. The molecule has 3 aromatic rings. The number of carbonyl (C=O) groups excluding carboxylic acids is 2. The lowest BCUT2D eigenvalue weighted by atomic mass is 9.84. The maximum atomic E-state index is 13.1. The Morgan fingerprint density at radius 3 is 1.95 bits per heavy atom. The van der Waals surface area contributed by atoms with Crippen LogP contribution in [0.4, 0.5) is 5.69 Å². The predicted octanol–water partition coefficient (Wildman–Crippen LogP) is 1.09. The molecule has 1 saturated heterocycles. The van der Waals surface area contributed by atoms with E-state index >= 15 is 0 Å². The Hall–Kier alpha value is -4.85. The molecule has 0 bridgehead atoms. The lowest BCUT2D eigenvalue weighted by Crippen LogP contribution is -2.62. The predicted molar refractivity (Wildman–Crippen MR) is 150 cm³/mol. The number of para-hydroxylation sites is 1. The largest absolute Gasteiger partial charge is 0.473 e. The van der Waals surface area contributed by atoms with E-state index in [1.165, 1.54) is 16.5 Å². The Morgan fingerprint density at radius 2 is 1.43 bits per heavy atom. The number of esters is 1. The van der Waals surface area contributed by atoms with Gasteiger partial charge in [0.25, 0.3) is 0 Å². The third kappa shape index (κ3) is 7.66. The monoisotopic (exact) mass is 582 g/mol.